The molecule has 0 unspecified atom stereocenters. The van der Waals surface area contributed by atoms with Crippen molar-refractivity contribution in [3.63, 3.8) is 0 Å². The van der Waals surface area contributed by atoms with Crippen molar-refractivity contribution < 1.29 is 32.7 Å². The lowest BCUT2D eigenvalue weighted by atomic mass is 10.1. The summed E-state index contributed by atoms with van der Waals surface area (Å²) < 4.78 is 45.8. The summed E-state index contributed by atoms with van der Waals surface area (Å²) in [6, 6.07) is 3.87. The van der Waals surface area contributed by atoms with E-state index in [1.807, 2.05) is 0 Å². The normalized spacial score (nSPS) is 10.2. The van der Waals surface area contributed by atoms with Crippen LogP contribution in [-0.4, -0.2) is 16.0 Å². The van der Waals surface area contributed by atoms with Crippen LogP contribution in [0.25, 0.3) is 0 Å². The summed E-state index contributed by atoms with van der Waals surface area (Å²) in [6.07, 6.45) is 0. The number of rotatable bonds is 4. The standard InChI is InChI=1S/C15H7F3N2O5/c1-6-11(16)13(18)12(17)9(5-19)14(6)25-7-2-3-10(20(23)24)8(4-7)15(21)22/h2-4H,1H3,(H,21,22). The predicted octanol–water partition coefficient (Wildman–Crippen LogP) is 3.68. The first-order valence-electron chi connectivity index (χ1n) is 6.45. The molecule has 10 heteroatoms. The van der Waals surface area contributed by atoms with E-state index in [9.17, 15) is 28.1 Å². The molecule has 0 fully saturated rings. The first-order chi connectivity index (χ1) is 11.7. The third-order valence-electron chi connectivity index (χ3n) is 3.23. The van der Waals surface area contributed by atoms with Crippen molar-refractivity contribution in [1.82, 2.24) is 0 Å². The van der Waals surface area contributed by atoms with Gasteiger partial charge in [-0.25, -0.2) is 18.0 Å². The molecule has 0 aliphatic rings. The van der Waals surface area contributed by atoms with Gasteiger partial charge in [-0.1, -0.05) is 0 Å². The number of carboxylic acids is 1. The van der Waals surface area contributed by atoms with E-state index in [1.165, 1.54) is 6.07 Å². The van der Waals surface area contributed by atoms with E-state index in [-0.39, 0.29) is 5.75 Å². The minimum Gasteiger partial charge on any atom is -0.477 e. The van der Waals surface area contributed by atoms with Gasteiger partial charge in [0.25, 0.3) is 5.69 Å². The fraction of sp³-hybridized carbons (Fsp3) is 0.0667. The lowest BCUT2D eigenvalue weighted by molar-refractivity contribution is -0.385. The second-order valence-corrected chi connectivity index (χ2v) is 4.73. The van der Waals surface area contributed by atoms with E-state index in [4.69, 9.17) is 15.1 Å². The maximum atomic E-state index is 13.7. The Kier molecular flexibility index (Phi) is 4.60. The van der Waals surface area contributed by atoms with Gasteiger partial charge in [0.05, 0.1) is 4.92 Å². The molecule has 25 heavy (non-hydrogen) atoms. The smallest absolute Gasteiger partial charge is 0.342 e. The SMILES string of the molecule is Cc1c(F)c(F)c(F)c(C#N)c1Oc1ccc([N+](=O)[O-])c(C(=O)O)c1. The van der Waals surface area contributed by atoms with Crippen molar-refractivity contribution in [3.8, 4) is 17.6 Å². The summed E-state index contributed by atoms with van der Waals surface area (Å²) in [5.41, 5.74) is -2.91. The molecule has 0 radical (unpaired) electrons. The van der Waals surface area contributed by atoms with Gasteiger partial charge < -0.3 is 9.84 Å². The number of carbonyl (C=O) groups is 1. The zero-order chi connectivity index (χ0) is 18.9. The van der Waals surface area contributed by atoms with Gasteiger partial charge in [0, 0.05) is 17.7 Å². The number of ether oxygens (including phenoxy) is 1. The molecule has 0 saturated heterocycles. The average molecular weight is 352 g/mol. The monoisotopic (exact) mass is 352 g/mol. The van der Waals surface area contributed by atoms with Gasteiger partial charge in [-0.05, 0) is 13.0 Å². The largest absolute Gasteiger partial charge is 0.477 e. The van der Waals surface area contributed by atoms with Gasteiger partial charge in [-0.15, -0.1) is 0 Å². The van der Waals surface area contributed by atoms with Crippen LogP contribution >= 0.6 is 0 Å². The van der Waals surface area contributed by atoms with Gasteiger partial charge in [0.2, 0.25) is 0 Å². The average Bonchev–Trinajstić information content (AvgIpc) is 2.57. The number of nitrogens with zero attached hydrogens (tertiary/aromatic N) is 2. The molecule has 2 rings (SSSR count). The number of nitro benzene ring substituents is 1. The maximum Gasteiger partial charge on any atom is 0.342 e. The Labute approximate surface area is 137 Å². The molecule has 0 saturated carbocycles. The molecule has 2 aromatic carbocycles. The molecule has 0 amide bonds. The minimum absolute atomic E-state index is 0.340. The van der Waals surface area contributed by atoms with Gasteiger partial charge in [0.1, 0.15) is 22.9 Å². The summed E-state index contributed by atoms with van der Waals surface area (Å²) in [5, 5.41) is 28.7. The number of nitriles is 1. The van der Waals surface area contributed by atoms with Crippen LogP contribution in [0.1, 0.15) is 21.5 Å². The quantitative estimate of drug-likeness (QED) is 0.510. The Morgan fingerprint density at radius 2 is 1.92 bits per heavy atom. The lowest BCUT2D eigenvalue weighted by Gasteiger charge is -2.13. The third-order valence-corrected chi connectivity index (χ3v) is 3.23. The van der Waals surface area contributed by atoms with Crippen LogP contribution in [0.2, 0.25) is 0 Å². The molecule has 0 atom stereocenters. The molecule has 0 bridgehead atoms. The van der Waals surface area contributed by atoms with Gasteiger partial charge in [-0.2, -0.15) is 5.26 Å². The highest BCUT2D eigenvalue weighted by atomic mass is 19.2. The van der Waals surface area contributed by atoms with Crippen molar-refractivity contribution in [1.29, 1.82) is 5.26 Å². The zero-order valence-corrected chi connectivity index (χ0v) is 12.3. The lowest BCUT2D eigenvalue weighted by Crippen LogP contribution is -2.05. The first-order valence-corrected chi connectivity index (χ1v) is 6.45. The molecule has 128 valence electrons. The van der Waals surface area contributed by atoms with Crippen LogP contribution in [-0.2, 0) is 0 Å². The third kappa shape index (κ3) is 3.07. The molecule has 0 aliphatic heterocycles. The Morgan fingerprint density at radius 1 is 1.28 bits per heavy atom. The number of halogens is 3. The maximum absolute atomic E-state index is 13.7. The van der Waals surface area contributed by atoms with Crippen LogP contribution in [0.3, 0.4) is 0 Å². The van der Waals surface area contributed by atoms with E-state index < -0.39 is 56.5 Å². The van der Waals surface area contributed by atoms with Crippen LogP contribution in [0.5, 0.6) is 11.5 Å². The highest BCUT2D eigenvalue weighted by Crippen LogP contribution is 2.35. The van der Waals surface area contributed by atoms with E-state index in [1.54, 1.807) is 0 Å². The minimum atomic E-state index is -1.85. The number of carboxylic acid groups (broad SMARTS) is 1. The summed E-state index contributed by atoms with van der Waals surface area (Å²) in [7, 11) is 0. The molecule has 2 aromatic rings. The summed E-state index contributed by atoms with van der Waals surface area (Å²) in [6.45, 7) is 1.03. The van der Waals surface area contributed by atoms with Gasteiger partial charge in [0.15, 0.2) is 23.2 Å². The molecule has 0 aliphatic carbocycles. The second kappa shape index (κ2) is 6.48. The van der Waals surface area contributed by atoms with E-state index in [0.29, 0.717) is 0 Å². The van der Waals surface area contributed by atoms with E-state index >= 15 is 0 Å². The Hall–Kier alpha value is -3.61. The predicted molar refractivity (Wildman–Crippen MR) is 75.9 cm³/mol. The van der Waals surface area contributed by atoms with Crippen LogP contribution in [0.4, 0.5) is 18.9 Å². The van der Waals surface area contributed by atoms with Crippen molar-refractivity contribution >= 4 is 11.7 Å². The Morgan fingerprint density at radius 3 is 2.44 bits per heavy atom. The molecule has 0 aromatic heterocycles. The Balaban J connectivity index is 2.62. The number of aromatic carboxylic acids is 1. The fourth-order valence-electron chi connectivity index (χ4n) is 2.01. The van der Waals surface area contributed by atoms with Crippen molar-refractivity contribution in [2.45, 2.75) is 6.92 Å². The molecule has 7 nitrogen and oxygen atoms in total. The topological polar surface area (TPSA) is 113 Å². The summed E-state index contributed by atoms with van der Waals surface area (Å²) >= 11 is 0. The van der Waals surface area contributed by atoms with E-state index in [0.717, 1.165) is 25.1 Å². The van der Waals surface area contributed by atoms with E-state index in [2.05, 4.69) is 0 Å². The molecular weight excluding hydrogens is 345 g/mol. The van der Waals surface area contributed by atoms with Crippen molar-refractivity contribution in [2.75, 3.05) is 0 Å². The zero-order valence-electron chi connectivity index (χ0n) is 12.3. The summed E-state index contributed by atoms with van der Waals surface area (Å²) in [5.74, 6) is -7.83. The highest BCUT2D eigenvalue weighted by molar-refractivity contribution is 5.92. The second-order valence-electron chi connectivity index (χ2n) is 4.73. The number of benzene rings is 2. The van der Waals surface area contributed by atoms with Crippen molar-refractivity contribution in [3.05, 3.63) is 62.5 Å². The van der Waals surface area contributed by atoms with Gasteiger partial charge in [-0.3, -0.25) is 10.1 Å². The van der Waals surface area contributed by atoms with Crippen LogP contribution in [0.15, 0.2) is 18.2 Å². The van der Waals surface area contributed by atoms with Crippen molar-refractivity contribution in [2.24, 2.45) is 0 Å². The number of nitro groups is 1. The Bertz CT molecular complexity index is 953. The van der Waals surface area contributed by atoms with Gasteiger partial charge >= 0.3 is 5.97 Å². The molecular formula is C15H7F3N2O5. The fourth-order valence-corrected chi connectivity index (χ4v) is 2.01. The van der Waals surface area contributed by atoms with Crippen LogP contribution in [0, 0.1) is 45.8 Å². The molecule has 0 heterocycles. The van der Waals surface area contributed by atoms with Crippen LogP contribution < -0.4 is 4.74 Å². The molecule has 0 spiro atoms. The number of hydrogen-bond donors (Lipinski definition) is 1. The molecule has 1 N–H and O–H groups in total. The first kappa shape index (κ1) is 17.7. The number of hydrogen-bond acceptors (Lipinski definition) is 5. The highest BCUT2D eigenvalue weighted by Gasteiger charge is 2.26. The summed E-state index contributed by atoms with van der Waals surface area (Å²) in [4.78, 5) is 21.0.